The number of carbonyl (C=O) groups excluding carboxylic acids is 4. The molecule has 1 aliphatic rings. The second kappa shape index (κ2) is 14.9. The quantitative estimate of drug-likeness (QED) is 0.181. The van der Waals surface area contributed by atoms with E-state index in [0.717, 1.165) is 0 Å². The summed E-state index contributed by atoms with van der Waals surface area (Å²) in [6, 6.07) is 32.7. The van der Waals surface area contributed by atoms with Crippen LogP contribution in [0.5, 0.6) is 0 Å². The first kappa shape index (κ1) is 31.1. The van der Waals surface area contributed by atoms with Crippen LogP contribution in [-0.4, -0.2) is 68.3 Å². The number of ether oxygens (including phenoxy) is 6. The summed E-state index contributed by atoms with van der Waals surface area (Å²) in [6.07, 6.45) is -6.76. The molecule has 0 radical (unpaired) electrons. The van der Waals surface area contributed by atoms with Crippen LogP contribution >= 0.6 is 0 Å². The first-order valence-corrected chi connectivity index (χ1v) is 14.1. The summed E-state index contributed by atoms with van der Waals surface area (Å²) in [5, 5.41) is 0. The van der Waals surface area contributed by atoms with Crippen LogP contribution in [0.25, 0.3) is 0 Å². The van der Waals surface area contributed by atoms with Gasteiger partial charge in [-0.1, -0.05) is 72.8 Å². The summed E-state index contributed by atoms with van der Waals surface area (Å²) >= 11 is 0. The Morgan fingerprint density at radius 3 is 1.49 bits per heavy atom. The maximum Gasteiger partial charge on any atom is 0.338 e. The number of carbonyl (C=O) groups is 4. The molecule has 0 bridgehead atoms. The van der Waals surface area contributed by atoms with Gasteiger partial charge in [0.05, 0.1) is 22.3 Å². The van der Waals surface area contributed by atoms with Crippen molar-refractivity contribution in [2.45, 2.75) is 30.7 Å². The van der Waals surface area contributed by atoms with Gasteiger partial charge in [-0.3, -0.25) is 0 Å². The van der Waals surface area contributed by atoms with E-state index in [1.54, 1.807) is 121 Å². The zero-order valence-corrected chi connectivity index (χ0v) is 24.2. The lowest BCUT2D eigenvalue weighted by atomic mass is 9.98. The van der Waals surface area contributed by atoms with Gasteiger partial charge in [-0.15, -0.1) is 0 Å². The van der Waals surface area contributed by atoms with Gasteiger partial charge in [-0.2, -0.15) is 0 Å². The maximum absolute atomic E-state index is 13.4. The molecule has 0 amide bonds. The lowest BCUT2D eigenvalue weighted by Gasteiger charge is -2.44. The summed E-state index contributed by atoms with van der Waals surface area (Å²) in [6.45, 7) is -0.418. The van der Waals surface area contributed by atoms with Gasteiger partial charge in [0.25, 0.3) is 0 Å². The molecule has 1 fully saturated rings. The standard InChI is InChI=1S/C35H30O10/c1-40-35-30(45-34(39)26-20-12-5-13-21-26)29(44-33(38)25-18-10-4-11-19-25)28(43-32(37)24-16-8-3-9-17-24)27(42-35)22-41-31(36)23-14-6-2-7-15-23/h2-21,27-30,35H,22H2,1H3/t27-,28+,29+,30-,35+/m1/s1/i43+1. The molecule has 4 aromatic rings. The highest BCUT2D eigenvalue weighted by Gasteiger charge is 2.53. The van der Waals surface area contributed by atoms with Crippen molar-refractivity contribution < 1.29 is 47.6 Å². The van der Waals surface area contributed by atoms with Gasteiger partial charge < -0.3 is 28.4 Å². The molecule has 1 saturated heterocycles. The molecule has 0 unspecified atom stereocenters. The SMILES string of the molecule is CO[C@H]1O[C@H](COC(=O)c2ccccc2)[C@H]([17O]C(=O)c2ccccc2)[C@H](OC(=O)c2ccccc2)[C@H]1OC(=O)c1ccccc1. The fraction of sp³-hybridized carbons (Fsp3) is 0.200. The minimum Gasteiger partial charge on any atom is -0.459 e. The Hall–Kier alpha value is -5.32. The summed E-state index contributed by atoms with van der Waals surface area (Å²) in [7, 11) is 1.31. The fourth-order valence-corrected chi connectivity index (χ4v) is 4.72. The van der Waals surface area contributed by atoms with Crippen molar-refractivity contribution in [1.82, 2.24) is 0 Å². The Bertz CT molecular complexity index is 1580. The first-order valence-electron chi connectivity index (χ1n) is 14.1. The van der Waals surface area contributed by atoms with Crippen LogP contribution in [0.15, 0.2) is 121 Å². The number of hydrogen-bond donors (Lipinski definition) is 0. The Kier molecular flexibility index (Phi) is 10.3. The van der Waals surface area contributed by atoms with E-state index >= 15 is 0 Å². The number of esters is 4. The highest BCUT2D eigenvalue weighted by Crippen LogP contribution is 2.31. The van der Waals surface area contributed by atoms with Crippen LogP contribution < -0.4 is 0 Å². The summed E-state index contributed by atoms with van der Waals surface area (Å²) < 4.78 is 34.9. The molecule has 230 valence electrons. The lowest BCUT2D eigenvalue weighted by molar-refractivity contribution is -0.291. The normalized spacial score (nSPS) is 20.8. The molecule has 0 N–H and O–H groups in total. The molecule has 0 saturated carbocycles. The van der Waals surface area contributed by atoms with Crippen molar-refractivity contribution >= 4 is 23.9 Å². The Morgan fingerprint density at radius 2 is 1.02 bits per heavy atom. The highest BCUT2D eigenvalue weighted by molar-refractivity contribution is 5.91. The second-order valence-corrected chi connectivity index (χ2v) is 9.95. The average molecular weight is 612 g/mol. The van der Waals surface area contributed by atoms with Crippen LogP contribution in [0.3, 0.4) is 0 Å². The summed E-state index contributed by atoms with van der Waals surface area (Å²) in [4.78, 5) is 52.8. The highest BCUT2D eigenvalue weighted by atomic mass is 17.4. The third-order valence-corrected chi connectivity index (χ3v) is 6.97. The molecule has 45 heavy (non-hydrogen) atoms. The molecular weight excluding hydrogens is 581 g/mol. The van der Waals surface area contributed by atoms with Gasteiger partial charge in [0.2, 0.25) is 0 Å². The van der Waals surface area contributed by atoms with Gasteiger partial charge in [-0.25, -0.2) is 19.2 Å². The molecule has 0 spiro atoms. The van der Waals surface area contributed by atoms with E-state index < -0.39 is 61.2 Å². The number of rotatable bonds is 10. The molecule has 4 aromatic carbocycles. The van der Waals surface area contributed by atoms with E-state index in [9.17, 15) is 19.2 Å². The van der Waals surface area contributed by atoms with E-state index in [0.29, 0.717) is 0 Å². The minimum atomic E-state index is -1.45. The third kappa shape index (κ3) is 7.80. The predicted octanol–water partition coefficient (Wildman–Crippen LogP) is 4.89. The van der Waals surface area contributed by atoms with Crippen molar-refractivity contribution in [1.29, 1.82) is 0 Å². The summed E-state index contributed by atoms with van der Waals surface area (Å²) in [5.41, 5.74) is 0.914. The molecule has 0 aromatic heterocycles. The molecule has 10 heteroatoms. The van der Waals surface area contributed by atoms with Crippen LogP contribution in [-0.2, 0) is 28.4 Å². The summed E-state index contributed by atoms with van der Waals surface area (Å²) in [5.74, 6) is -2.96. The molecule has 10 nitrogen and oxygen atoms in total. The van der Waals surface area contributed by atoms with E-state index in [-0.39, 0.29) is 22.3 Å². The Labute approximate surface area is 259 Å². The first-order chi connectivity index (χ1) is 21.9. The van der Waals surface area contributed by atoms with Gasteiger partial charge >= 0.3 is 23.9 Å². The zero-order chi connectivity index (χ0) is 31.6. The fourth-order valence-electron chi connectivity index (χ4n) is 4.72. The average Bonchev–Trinajstić information content (AvgIpc) is 3.10. The van der Waals surface area contributed by atoms with Crippen LogP contribution in [0.2, 0.25) is 0 Å². The molecule has 1 aliphatic heterocycles. The maximum atomic E-state index is 13.4. The van der Waals surface area contributed by atoms with Crippen LogP contribution in [0.4, 0.5) is 0 Å². The smallest absolute Gasteiger partial charge is 0.338 e. The zero-order valence-electron chi connectivity index (χ0n) is 24.2. The van der Waals surface area contributed by atoms with E-state index in [2.05, 4.69) is 0 Å². The van der Waals surface area contributed by atoms with Crippen molar-refractivity contribution in [2.75, 3.05) is 13.7 Å². The monoisotopic (exact) mass is 611 g/mol. The predicted molar refractivity (Wildman–Crippen MR) is 159 cm³/mol. The van der Waals surface area contributed by atoms with Crippen LogP contribution in [0.1, 0.15) is 41.4 Å². The number of benzene rings is 4. The third-order valence-electron chi connectivity index (χ3n) is 6.97. The van der Waals surface area contributed by atoms with Crippen LogP contribution in [0, 0.1) is 0 Å². The Balaban J connectivity index is 1.50. The van der Waals surface area contributed by atoms with Crippen molar-refractivity contribution in [3.05, 3.63) is 144 Å². The van der Waals surface area contributed by atoms with E-state index in [1.165, 1.54) is 7.11 Å². The molecule has 1 heterocycles. The molecule has 0 aliphatic carbocycles. The second-order valence-electron chi connectivity index (χ2n) is 9.95. The number of methoxy groups -OCH3 is 1. The molecular formula is C35H30O10. The van der Waals surface area contributed by atoms with Gasteiger partial charge in [-0.05, 0) is 48.5 Å². The molecule has 5 rings (SSSR count). The van der Waals surface area contributed by atoms with E-state index in [4.69, 9.17) is 28.4 Å². The molecule has 5 atom stereocenters. The lowest BCUT2D eigenvalue weighted by Crippen LogP contribution is -2.63. The Morgan fingerprint density at radius 1 is 0.600 bits per heavy atom. The topological polar surface area (TPSA) is 124 Å². The number of hydrogen-bond acceptors (Lipinski definition) is 10. The van der Waals surface area contributed by atoms with Crippen molar-refractivity contribution in [3.63, 3.8) is 0 Å². The van der Waals surface area contributed by atoms with Gasteiger partial charge in [0, 0.05) is 7.11 Å². The minimum absolute atomic E-state index is 0.200. The van der Waals surface area contributed by atoms with E-state index in [1.807, 2.05) is 0 Å². The largest absolute Gasteiger partial charge is 0.459 e. The van der Waals surface area contributed by atoms with Crippen molar-refractivity contribution in [2.24, 2.45) is 0 Å². The van der Waals surface area contributed by atoms with Gasteiger partial charge in [0.15, 0.2) is 24.6 Å². The van der Waals surface area contributed by atoms with Gasteiger partial charge in [0.1, 0.15) is 12.7 Å². The van der Waals surface area contributed by atoms with Crippen molar-refractivity contribution in [3.8, 4) is 0 Å².